The maximum atomic E-state index is 13.5. The molecule has 0 fully saturated rings. The van der Waals surface area contributed by atoms with Crippen LogP contribution in [-0.4, -0.2) is 5.11 Å². The van der Waals surface area contributed by atoms with Crippen LogP contribution in [0.4, 0.5) is 4.39 Å². The first-order valence-electron chi connectivity index (χ1n) is 4.47. The number of rotatable bonds is 2. The van der Waals surface area contributed by atoms with Gasteiger partial charge in [0, 0.05) is 15.5 Å². The zero-order valence-electron chi connectivity index (χ0n) is 7.95. The van der Waals surface area contributed by atoms with Crippen LogP contribution in [0.15, 0.2) is 34.1 Å². The normalized spacial score (nSPS) is 12.8. The van der Waals surface area contributed by atoms with Crippen molar-refractivity contribution < 1.29 is 9.50 Å². The standard InChI is InChI=1S/C11H7BrClFOS/c12-9-5-4-8(16-9)11(15)10-6(13)2-1-3-7(10)14/h1-5,11,15H. The Balaban J connectivity index is 2.45. The van der Waals surface area contributed by atoms with Crippen molar-refractivity contribution >= 4 is 38.9 Å². The fourth-order valence-electron chi connectivity index (χ4n) is 1.39. The topological polar surface area (TPSA) is 20.2 Å². The molecule has 0 aliphatic heterocycles. The van der Waals surface area contributed by atoms with Crippen molar-refractivity contribution in [2.75, 3.05) is 0 Å². The van der Waals surface area contributed by atoms with Crippen molar-refractivity contribution in [3.63, 3.8) is 0 Å². The lowest BCUT2D eigenvalue weighted by Gasteiger charge is -2.11. The number of aliphatic hydroxyl groups excluding tert-OH is 1. The summed E-state index contributed by atoms with van der Waals surface area (Å²) in [4.78, 5) is 0.652. The quantitative estimate of drug-likeness (QED) is 0.870. The van der Waals surface area contributed by atoms with Gasteiger partial charge in [-0.15, -0.1) is 11.3 Å². The Kier molecular flexibility index (Phi) is 3.64. The first-order chi connectivity index (χ1) is 7.59. The Hall–Kier alpha value is -0.420. The Morgan fingerprint density at radius 2 is 2.06 bits per heavy atom. The summed E-state index contributed by atoms with van der Waals surface area (Å²) in [5.41, 5.74) is 0.124. The van der Waals surface area contributed by atoms with Crippen LogP contribution in [0.2, 0.25) is 5.02 Å². The molecule has 1 unspecified atom stereocenters. The van der Waals surface area contributed by atoms with Crippen LogP contribution < -0.4 is 0 Å². The van der Waals surface area contributed by atoms with Gasteiger partial charge in [-0.25, -0.2) is 4.39 Å². The summed E-state index contributed by atoms with van der Waals surface area (Å²) in [5.74, 6) is -0.496. The van der Waals surface area contributed by atoms with Gasteiger partial charge in [-0.1, -0.05) is 17.7 Å². The molecule has 5 heteroatoms. The molecule has 0 saturated heterocycles. The fraction of sp³-hybridized carbons (Fsp3) is 0.0909. The molecule has 1 nitrogen and oxygen atoms in total. The summed E-state index contributed by atoms with van der Waals surface area (Å²) in [7, 11) is 0. The van der Waals surface area contributed by atoms with Gasteiger partial charge in [0.05, 0.1) is 3.79 Å². The first kappa shape index (κ1) is 12.0. The Labute approximate surface area is 110 Å². The summed E-state index contributed by atoms with van der Waals surface area (Å²) in [6, 6.07) is 7.90. The van der Waals surface area contributed by atoms with E-state index in [0.29, 0.717) is 4.88 Å². The molecule has 0 radical (unpaired) electrons. The van der Waals surface area contributed by atoms with Crippen LogP contribution in [0.5, 0.6) is 0 Å². The zero-order chi connectivity index (χ0) is 11.7. The van der Waals surface area contributed by atoms with Crippen molar-refractivity contribution in [1.29, 1.82) is 0 Å². The summed E-state index contributed by atoms with van der Waals surface area (Å²) < 4.78 is 14.4. The largest absolute Gasteiger partial charge is 0.383 e. The molecule has 0 aliphatic carbocycles. The maximum Gasteiger partial charge on any atom is 0.130 e. The van der Waals surface area contributed by atoms with E-state index in [0.717, 1.165) is 3.79 Å². The highest BCUT2D eigenvalue weighted by Crippen LogP contribution is 2.35. The molecule has 2 rings (SSSR count). The summed E-state index contributed by atoms with van der Waals surface area (Å²) in [6.07, 6.45) is -1.02. The van der Waals surface area contributed by atoms with Gasteiger partial charge in [-0.2, -0.15) is 0 Å². The average molecular weight is 322 g/mol. The van der Waals surface area contributed by atoms with E-state index in [4.69, 9.17) is 11.6 Å². The third kappa shape index (κ3) is 2.30. The molecule has 1 heterocycles. The van der Waals surface area contributed by atoms with Crippen LogP contribution in [0.1, 0.15) is 16.5 Å². The summed E-state index contributed by atoms with van der Waals surface area (Å²) in [5, 5.41) is 10.3. The van der Waals surface area contributed by atoms with E-state index in [-0.39, 0.29) is 10.6 Å². The summed E-state index contributed by atoms with van der Waals surface area (Å²) >= 11 is 10.5. The van der Waals surface area contributed by atoms with Gasteiger partial charge in [0.1, 0.15) is 11.9 Å². The number of hydrogen-bond acceptors (Lipinski definition) is 2. The fourth-order valence-corrected chi connectivity index (χ4v) is 3.08. The average Bonchev–Trinajstić information content (AvgIpc) is 2.64. The summed E-state index contributed by atoms with van der Waals surface area (Å²) in [6.45, 7) is 0. The lowest BCUT2D eigenvalue weighted by molar-refractivity contribution is 0.219. The molecular weight excluding hydrogens is 315 g/mol. The van der Waals surface area contributed by atoms with Crippen molar-refractivity contribution in [2.24, 2.45) is 0 Å². The second-order valence-electron chi connectivity index (χ2n) is 3.18. The van der Waals surface area contributed by atoms with Crippen LogP contribution in [0.25, 0.3) is 0 Å². The number of halogens is 3. The van der Waals surface area contributed by atoms with Crippen molar-refractivity contribution in [3.8, 4) is 0 Å². The van der Waals surface area contributed by atoms with Crippen LogP contribution >= 0.6 is 38.9 Å². The minimum absolute atomic E-state index is 0.124. The van der Waals surface area contributed by atoms with Crippen LogP contribution in [0, 0.1) is 5.82 Å². The van der Waals surface area contributed by atoms with Gasteiger partial charge in [-0.05, 0) is 40.2 Å². The first-order valence-corrected chi connectivity index (χ1v) is 6.45. The number of benzene rings is 1. The second-order valence-corrected chi connectivity index (χ2v) is 6.08. The highest BCUT2D eigenvalue weighted by atomic mass is 79.9. The van der Waals surface area contributed by atoms with Gasteiger partial charge >= 0.3 is 0 Å². The van der Waals surface area contributed by atoms with E-state index in [1.807, 2.05) is 0 Å². The molecule has 84 valence electrons. The zero-order valence-corrected chi connectivity index (χ0v) is 11.1. The van der Waals surface area contributed by atoms with E-state index in [9.17, 15) is 9.50 Å². The van der Waals surface area contributed by atoms with Crippen LogP contribution in [0.3, 0.4) is 0 Å². The minimum atomic E-state index is -1.02. The lowest BCUT2D eigenvalue weighted by Crippen LogP contribution is -2.01. The Morgan fingerprint density at radius 1 is 1.31 bits per heavy atom. The molecule has 0 amide bonds. The van der Waals surface area contributed by atoms with E-state index < -0.39 is 11.9 Å². The smallest absolute Gasteiger partial charge is 0.130 e. The molecule has 1 aromatic heterocycles. The van der Waals surface area contributed by atoms with Gasteiger partial charge < -0.3 is 5.11 Å². The van der Waals surface area contributed by atoms with Crippen molar-refractivity contribution in [2.45, 2.75) is 6.10 Å². The lowest BCUT2D eigenvalue weighted by atomic mass is 10.1. The molecule has 0 spiro atoms. The van der Waals surface area contributed by atoms with E-state index >= 15 is 0 Å². The van der Waals surface area contributed by atoms with Gasteiger partial charge in [0.2, 0.25) is 0 Å². The predicted molar refractivity (Wildman–Crippen MR) is 67.5 cm³/mol. The third-order valence-electron chi connectivity index (χ3n) is 2.14. The molecule has 0 aliphatic rings. The highest BCUT2D eigenvalue weighted by molar-refractivity contribution is 9.11. The molecule has 16 heavy (non-hydrogen) atoms. The second kappa shape index (κ2) is 4.84. The van der Waals surface area contributed by atoms with Crippen molar-refractivity contribution in [3.05, 3.63) is 55.4 Å². The third-order valence-corrected chi connectivity index (χ3v) is 4.14. The Morgan fingerprint density at radius 3 is 2.62 bits per heavy atom. The van der Waals surface area contributed by atoms with Crippen molar-refractivity contribution in [1.82, 2.24) is 0 Å². The van der Waals surface area contributed by atoms with E-state index in [1.54, 1.807) is 18.2 Å². The maximum absolute atomic E-state index is 13.5. The van der Waals surface area contributed by atoms with E-state index in [1.165, 1.54) is 23.5 Å². The molecule has 1 aromatic carbocycles. The number of hydrogen-bond donors (Lipinski definition) is 1. The number of aliphatic hydroxyl groups is 1. The van der Waals surface area contributed by atoms with Gasteiger partial charge in [0.25, 0.3) is 0 Å². The van der Waals surface area contributed by atoms with Gasteiger partial charge in [-0.3, -0.25) is 0 Å². The minimum Gasteiger partial charge on any atom is -0.383 e. The van der Waals surface area contributed by atoms with E-state index in [2.05, 4.69) is 15.9 Å². The molecule has 2 aromatic rings. The van der Waals surface area contributed by atoms with Gasteiger partial charge in [0.15, 0.2) is 0 Å². The molecule has 0 bridgehead atoms. The molecule has 1 atom stereocenters. The predicted octanol–water partition coefficient (Wildman–Crippen LogP) is 4.38. The SMILES string of the molecule is OC(c1ccc(Br)s1)c1c(F)cccc1Cl. The highest BCUT2D eigenvalue weighted by Gasteiger charge is 2.19. The monoisotopic (exact) mass is 320 g/mol. The molecular formula is C11H7BrClFOS. The molecule has 0 saturated carbocycles. The molecule has 1 N–H and O–H groups in total. The Bertz CT molecular complexity index is 494. The van der Waals surface area contributed by atoms with Crippen LogP contribution in [-0.2, 0) is 0 Å². The number of thiophene rings is 1.